The van der Waals surface area contributed by atoms with Crippen molar-refractivity contribution in [2.24, 2.45) is 0 Å². The minimum Gasteiger partial charge on any atom is -0.484 e. The van der Waals surface area contributed by atoms with Gasteiger partial charge in [0.2, 0.25) is 0 Å². The molecule has 1 amide bonds. The Morgan fingerprint density at radius 3 is 2.95 bits per heavy atom. The van der Waals surface area contributed by atoms with E-state index in [1.165, 1.54) is 5.56 Å². The van der Waals surface area contributed by atoms with Crippen LogP contribution in [-0.4, -0.2) is 17.6 Å². The fourth-order valence-electron chi connectivity index (χ4n) is 1.70. The summed E-state index contributed by atoms with van der Waals surface area (Å²) in [6.45, 7) is 2.48. The van der Waals surface area contributed by atoms with E-state index in [2.05, 4.69) is 5.32 Å². The lowest BCUT2D eigenvalue weighted by Gasteiger charge is -2.08. The van der Waals surface area contributed by atoms with Gasteiger partial charge in [-0.25, -0.2) is 0 Å². The SMILES string of the molecule is Cc1ccsc1CNC(=O)COc1cccc(CO)c1. The number of hydrogen-bond acceptors (Lipinski definition) is 4. The molecule has 0 aliphatic heterocycles. The summed E-state index contributed by atoms with van der Waals surface area (Å²) < 4.78 is 5.39. The molecule has 2 N–H and O–H groups in total. The first-order valence-corrected chi connectivity index (χ1v) is 7.19. The largest absolute Gasteiger partial charge is 0.484 e. The van der Waals surface area contributed by atoms with Crippen molar-refractivity contribution < 1.29 is 14.6 Å². The summed E-state index contributed by atoms with van der Waals surface area (Å²) in [6.07, 6.45) is 0. The zero-order valence-corrected chi connectivity index (χ0v) is 12.1. The van der Waals surface area contributed by atoms with Crippen LogP contribution in [0.5, 0.6) is 5.75 Å². The van der Waals surface area contributed by atoms with Gasteiger partial charge in [0.25, 0.3) is 5.91 Å². The van der Waals surface area contributed by atoms with Crippen LogP contribution in [0.15, 0.2) is 35.7 Å². The first-order chi connectivity index (χ1) is 9.69. The molecule has 0 aliphatic rings. The number of aliphatic hydroxyl groups is 1. The molecule has 20 heavy (non-hydrogen) atoms. The molecular weight excluding hydrogens is 274 g/mol. The van der Waals surface area contributed by atoms with Gasteiger partial charge in [-0.2, -0.15) is 0 Å². The van der Waals surface area contributed by atoms with Crippen LogP contribution < -0.4 is 10.1 Å². The van der Waals surface area contributed by atoms with Crippen LogP contribution >= 0.6 is 11.3 Å². The van der Waals surface area contributed by atoms with Gasteiger partial charge in [0.15, 0.2) is 6.61 Å². The smallest absolute Gasteiger partial charge is 0.258 e. The van der Waals surface area contributed by atoms with E-state index in [1.807, 2.05) is 18.4 Å². The average Bonchev–Trinajstić information content (AvgIpc) is 2.88. The third-order valence-electron chi connectivity index (χ3n) is 2.87. The molecule has 106 valence electrons. The van der Waals surface area contributed by atoms with Gasteiger partial charge < -0.3 is 15.2 Å². The van der Waals surface area contributed by atoms with Crippen LogP contribution in [0.4, 0.5) is 0 Å². The monoisotopic (exact) mass is 291 g/mol. The Morgan fingerprint density at radius 2 is 2.25 bits per heavy atom. The van der Waals surface area contributed by atoms with E-state index < -0.39 is 0 Å². The zero-order valence-electron chi connectivity index (χ0n) is 11.3. The van der Waals surface area contributed by atoms with Crippen LogP contribution in [0.1, 0.15) is 16.0 Å². The van der Waals surface area contributed by atoms with E-state index in [4.69, 9.17) is 9.84 Å². The lowest BCUT2D eigenvalue weighted by atomic mass is 10.2. The second-order valence-corrected chi connectivity index (χ2v) is 5.40. The lowest BCUT2D eigenvalue weighted by Crippen LogP contribution is -2.28. The van der Waals surface area contributed by atoms with Crippen molar-refractivity contribution in [2.75, 3.05) is 6.61 Å². The molecule has 1 aromatic carbocycles. The first-order valence-electron chi connectivity index (χ1n) is 6.31. The van der Waals surface area contributed by atoms with Gasteiger partial charge in [0, 0.05) is 4.88 Å². The Kier molecular flexibility index (Phi) is 5.15. The van der Waals surface area contributed by atoms with Crippen LogP contribution in [0.25, 0.3) is 0 Å². The highest BCUT2D eigenvalue weighted by Crippen LogP contribution is 2.15. The Balaban J connectivity index is 1.78. The number of carbonyl (C=O) groups is 1. The predicted molar refractivity (Wildman–Crippen MR) is 78.8 cm³/mol. The van der Waals surface area contributed by atoms with E-state index >= 15 is 0 Å². The lowest BCUT2D eigenvalue weighted by molar-refractivity contribution is -0.123. The van der Waals surface area contributed by atoms with Gasteiger partial charge in [-0.3, -0.25) is 4.79 Å². The second kappa shape index (κ2) is 7.07. The second-order valence-electron chi connectivity index (χ2n) is 4.40. The minimum atomic E-state index is -0.160. The van der Waals surface area contributed by atoms with Gasteiger partial charge in [0.05, 0.1) is 13.2 Å². The summed E-state index contributed by atoms with van der Waals surface area (Å²) in [5.74, 6) is 0.422. The van der Waals surface area contributed by atoms with Crippen molar-refractivity contribution in [2.45, 2.75) is 20.1 Å². The van der Waals surface area contributed by atoms with Crippen LogP contribution in [-0.2, 0) is 17.9 Å². The quantitative estimate of drug-likeness (QED) is 0.858. The third kappa shape index (κ3) is 4.08. The molecule has 0 fully saturated rings. The molecule has 1 aromatic heterocycles. The average molecular weight is 291 g/mol. The Hall–Kier alpha value is -1.85. The Morgan fingerprint density at radius 1 is 1.40 bits per heavy atom. The number of hydrogen-bond donors (Lipinski definition) is 2. The van der Waals surface area contributed by atoms with Crippen molar-refractivity contribution in [1.29, 1.82) is 0 Å². The fourth-order valence-corrected chi connectivity index (χ4v) is 2.54. The highest BCUT2D eigenvalue weighted by molar-refractivity contribution is 7.10. The number of thiophene rings is 1. The topological polar surface area (TPSA) is 58.6 Å². The van der Waals surface area contributed by atoms with Gasteiger partial charge in [-0.1, -0.05) is 12.1 Å². The van der Waals surface area contributed by atoms with Gasteiger partial charge in [-0.05, 0) is 41.6 Å². The summed E-state index contributed by atoms with van der Waals surface area (Å²) in [4.78, 5) is 12.8. The maximum absolute atomic E-state index is 11.7. The van der Waals surface area contributed by atoms with Crippen molar-refractivity contribution in [3.63, 3.8) is 0 Å². The number of nitrogens with one attached hydrogen (secondary N) is 1. The number of rotatable bonds is 6. The molecule has 0 unspecified atom stereocenters. The number of aryl methyl sites for hydroxylation is 1. The minimum absolute atomic E-state index is 0.0285. The summed E-state index contributed by atoms with van der Waals surface area (Å²) in [5.41, 5.74) is 1.95. The number of benzene rings is 1. The highest BCUT2D eigenvalue weighted by atomic mass is 32.1. The molecule has 0 aliphatic carbocycles. The number of carbonyl (C=O) groups excluding carboxylic acids is 1. The maximum atomic E-state index is 11.7. The number of amides is 1. The predicted octanol–water partition coefficient (Wildman–Crippen LogP) is 2.24. The number of aliphatic hydroxyl groups excluding tert-OH is 1. The molecule has 0 saturated carbocycles. The zero-order chi connectivity index (χ0) is 14.4. The summed E-state index contributed by atoms with van der Waals surface area (Å²) >= 11 is 1.63. The molecule has 0 saturated heterocycles. The van der Waals surface area contributed by atoms with E-state index in [-0.39, 0.29) is 19.1 Å². The standard InChI is InChI=1S/C15H17NO3S/c1-11-5-6-20-14(11)8-16-15(18)10-19-13-4-2-3-12(7-13)9-17/h2-7,17H,8-10H2,1H3,(H,16,18). The summed E-state index contributed by atoms with van der Waals surface area (Å²) in [6, 6.07) is 9.09. The van der Waals surface area contributed by atoms with E-state index in [0.717, 1.165) is 10.4 Å². The summed E-state index contributed by atoms with van der Waals surface area (Å²) in [7, 11) is 0. The van der Waals surface area contributed by atoms with Gasteiger partial charge in [0.1, 0.15) is 5.75 Å². The van der Waals surface area contributed by atoms with Crippen molar-refractivity contribution >= 4 is 17.2 Å². The molecule has 1 heterocycles. The normalized spacial score (nSPS) is 10.3. The van der Waals surface area contributed by atoms with Crippen LogP contribution in [0.3, 0.4) is 0 Å². The molecule has 5 heteroatoms. The van der Waals surface area contributed by atoms with Crippen molar-refractivity contribution in [3.05, 3.63) is 51.7 Å². The van der Waals surface area contributed by atoms with E-state index in [9.17, 15) is 4.79 Å². The van der Waals surface area contributed by atoms with Crippen molar-refractivity contribution in [3.8, 4) is 5.75 Å². The first kappa shape index (κ1) is 14.6. The molecule has 4 nitrogen and oxygen atoms in total. The number of ether oxygens (including phenoxy) is 1. The highest BCUT2D eigenvalue weighted by Gasteiger charge is 2.05. The molecular formula is C15H17NO3S. The third-order valence-corrected chi connectivity index (χ3v) is 3.89. The summed E-state index contributed by atoms with van der Waals surface area (Å²) in [5, 5.41) is 13.9. The van der Waals surface area contributed by atoms with Gasteiger partial charge >= 0.3 is 0 Å². The molecule has 2 aromatic rings. The molecule has 0 radical (unpaired) electrons. The molecule has 2 rings (SSSR count). The molecule has 0 atom stereocenters. The van der Waals surface area contributed by atoms with Gasteiger partial charge in [-0.15, -0.1) is 11.3 Å². The van der Waals surface area contributed by atoms with E-state index in [1.54, 1.807) is 35.6 Å². The van der Waals surface area contributed by atoms with Crippen LogP contribution in [0.2, 0.25) is 0 Å². The molecule has 0 bridgehead atoms. The van der Waals surface area contributed by atoms with Crippen molar-refractivity contribution in [1.82, 2.24) is 5.32 Å². The Bertz CT molecular complexity index is 580. The maximum Gasteiger partial charge on any atom is 0.258 e. The van der Waals surface area contributed by atoms with E-state index in [0.29, 0.717) is 12.3 Å². The Labute approximate surface area is 122 Å². The van der Waals surface area contributed by atoms with Crippen LogP contribution in [0, 0.1) is 6.92 Å². The fraction of sp³-hybridized carbons (Fsp3) is 0.267. The molecule has 0 spiro atoms.